The molecule has 0 atom stereocenters. The van der Waals surface area contributed by atoms with Crippen molar-refractivity contribution < 1.29 is 10.2 Å². The summed E-state index contributed by atoms with van der Waals surface area (Å²) in [6.07, 6.45) is 5.05. The highest BCUT2D eigenvalue weighted by Crippen LogP contribution is 2.27. The van der Waals surface area contributed by atoms with E-state index in [9.17, 15) is 10.2 Å². The van der Waals surface area contributed by atoms with Gasteiger partial charge in [0.15, 0.2) is 11.5 Å². The molecule has 0 fully saturated rings. The van der Waals surface area contributed by atoms with Gasteiger partial charge in [-0.2, -0.15) is 0 Å². The number of aromatic hydroxyl groups is 2. The van der Waals surface area contributed by atoms with E-state index in [1.807, 2.05) is 13.0 Å². The van der Waals surface area contributed by atoms with Crippen molar-refractivity contribution in [2.24, 2.45) is 0 Å². The molecule has 1 rings (SSSR count). The Labute approximate surface area is 90.1 Å². The molecule has 0 aliphatic carbocycles. The van der Waals surface area contributed by atoms with Gasteiger partial charge >= 0.3 is 0 Å². The number of nitrogens with one attached hydrogen (secondary N) is 1. The first-order valence-corrected chi connectivity index (χ1v) is 5.07. The second-order valence-corrected chi connectivity index (χ2v) is 3.32. The second-order valence-electron chi connectivity index (χ2n) is 3.32. The summed E-state index contributed by atoms with van der Waals surface area (Å²) in [5.74, 6) is -0.0983. The van der Waals surface area contributed by atoms with E-state index in [1.165, 1.54) is 6.07 Å². The summed E-state index contributed by atoms with van der Waals surface area (Å²) < 4.78 is 0. The summed E-state index contributed by atoms with van der Waals surface area (Å²) in [6, 6.07) is 4.98. The largest absolute Gasteiger partial charge is 0.504 e. The molecule has 0 saturated carbocycles. The lowest BCUT2D eigenvalue weighted by Gasteiger charge is -2.06. The van der Waals surface area contributed by atoms with Crippen LogP contribution in [-0.4, -0.2) is 16.8 Å². The molecule has 3 heteroatoms. The van der Waals surface area contributed by atoms with E-state index in [0.29, 0.717) is 6.54 Å². The van der Waals surface area contributed by atoms with Crippen LogP contribution in [0, 0.1) is 0 Å². The predicted molar refractivity (Wildman–Crippen MR) is 60.9 cm³/mol. The van der Waals surface area contributed by atoms with Crippen molar-refractivity contribution in [2.75, 3.05) is 6.54 Å². The molecular formula is C12H17NO2. The van der Waals surface area contributed by atoms with Gasteiger partial charge in [0, 0.05) is 12.1 Å². The molecule has 0 radical (unpaired) electrons. The summed E-state index contributed by atoms with van der Waals surface area (Å²) in [6.45, 7) is 3.41. The molecule has 1 aromatic rings. The van der Waals surface area contributed by atoms with Gasteiger partial charge in [-0.05, 0) is 26.0 Å². The Morgan fingerprint density at radius 3 is 2.87 bits per heavy atom. The summed E-state index contributed by atoms with van der Waals surface area (Å²) in [7, 11) is 0. The molecule has 0 spiro atoms. The first kappa shape index (κ1) is 11.6. The average Bonchev–Trinajstić information content (AvgIpc) is 2.24. The topological polar surface area (TPSA) is 52.5 Å². The molecule has 0 bridgehead atoms. The normalized spacial score (nSPS) is 11.0. The van der Waals surface area contributed by atoms with Gasteiger partial charge in [0.05, 0.1) is 0 Å². The van der Waals surface area contributed by atoms with Crippen LogP contribution in [0.4, 0.5) is 0 Å². The van der Waals surface area contributed by atoms with Crippen LogP contribution in [0.5, 0.6) is 11.5 Å². The van der Waals surface area contributed by atoms with Crippen LogP contribution < -0.4 is 5.32 Å². The highest BCUT2D eigenvalue weighted by atomic mass is 16.3. The lowest BCUT2D eigenvalue weighted by atomic mass is 10.2. The van der Waals surface area contributed by atoms with E-state index in [4.69, 9.17) is 0 Å². The van der Waals surface area contributed by atoms with Crippen molar-refractivity contribution in [3.05, 3.63) is 35.9 Å². The summed E-state index contributed by atoms with van der Waals surface area (Å²) in [4.78, 5) is 0. The molecule has 0 aliphatic rings. The zero-order valence-corrected chi connectivity index (χ0v) is 8.90. The smallest absolute Gasteiger partial charge is 0.161 e. The fourth-order valence-electron chi connectivity index (χ4n) is 1.30. The van der Waals surface area contributed by atoms with Gasteiger partial charge in [-0.25, -0.2) is 0 Å². The minimum atomic E-state index is -0.0669. The molecular weight excluding hydrogens is 190 g/mol. The van der Waals surface area contributed by atoms with E-state index in [0.717, 1.165) is 18.5 Å². The third-order valence-corrected chi connectivity index (χ3v) is 2.14. The number of allylic oxidation sites excluding steroid dienone is 1. The molecule has 0 saturated heterocycles. The maximum absolute atomic E-state index is 9.50. The Morgan fingerprint density at radius 2 is 2.13 bits per heavy atom. The molecule has 15 heavy (non-hydrogen) atoms. The van der Waals surface area contributed by atoms with Crippen molar-refractivity contribution >= 4 is 0 Å². The lowest BCUT2D eigenvalue weighted by molar-refractivity contribution is 0.398. The second kappa shape index (κ2) is 6.09. The third-order valence-electron chi connectivity index (χ3n) is 2.14. The van der Waals surface area contributed by atoms with Crippen molar-refractivity contribution in [3.63, 3.8) is 0 Å². The summed E-state index contributed by atoms with van der Waals surface area (Å²) in [5.41, 5.74) is 0.718. The number of rotatable bonds is 5. The summed E-state index contributed by atoms with van der Waals surface area (Å²) in [5, 5.41) is 21.9. The SMILES string of the molecule is C/C=C/CCNCc1cccc(O)c1O. The van der Waals surface area contributed by atoms with Gasteiger partial charge in [-0.15, -0.1) is 0 Å². The third kappa shape index (κ3) is 3.64. The predicted octanol–water partition coefficient (Wildman–Crippen LogP) is 2.15. The van der Waals surface area contributed by atoms with Gasteiger partial charge in [0.1, 0.15) is 0 Å². The first-order chi connectivity index (χ1) is 7.25. The maximum atomic E-state index is 9.50. The Hall–Kier alpha value is -1.48. The van der Waals surface area contributed by atoms with Gasteiger partial charge in [-0.1, -0.05) is 24.3 Å². The summed E-state index contributed by atoms with van der Waals surface area (Å²) >= 11 is 0. The van der Waals surface area contributed by atoms with Gasteiger partial charge in [0.25, 0.3) is 0 Å². The van der Waals surface area contributed by atoms with Crippen molar-refractivity contribution in [3.8, 4) is 11.5 Å². The van der Waals surface area contributed by atoms with Crippen molar-refractivity contribution in [2.45, 2.75) is 19.9 Å². The quantitative estimate of drug-likeness (QED) is 0.394. The van der Waals surface area contributed by atoms with Crippen LogP contribution in [0.15, 0.2) is 30.4 Å². The highest BCUT2D eigenvalue weighted by Gasteiger charge is 2.03. The van der Waals surface area contributed by atoms with E-state index in [1.54, 1.807) is 12.1 Å². The van der Waals surface area contributed by atoms with Gasteiger partial charge in [-0.3, -0.25) is 0 Å². The van der Waals surface area contributed by atoms with Gasteiger partial charge < -0.3 is 15.5 Å². The van der Waals surface area contributed by atoms with Crippen LogP contribution in [-0.2, 0) is 6.54 Å². The highest BCUT2D eigenvalue weighted by molar-refractivity contribution is 5.44. The van der Waals surface area contributed by atoms with Crippen LogP contribution in [0.2, 0.25) is 0 Å². The molecule has 1 aromatic carbocycles. The zero-order chi connectivity index (χ0) is 11.1. The van der Waals surface area contributed by atoms with E-state index >= 15 is 0 Å². The van der Waals surface area contributed by atoms with Crippen LogP contribution in [0.25, 0.3) is 0 Å². The fourth-order valence-corrected chi connectivity index (χ4v) is 1.30. The molecule has 0 aliphatic heterocycles. The van der Waals surface area contributed by atoms with Crippen LogP contribution in [0.1, 0.15) is 18.9 Å². The molecule has 3 N–H and O–H groups in total. The number of benzene rings is 1. The Kier molecular flexibility index (Phi) is 4.71. The molecule has 0 amide bonds. The Morgan fingerprint density at radius 1 is 1.33 bits per heavy atom. The van der Waals surface area contributed by atoms with Crippen LogP contribution in [0.3, 0.4) is 0 Å². The van der Waals surface area contributed by atoms with Crippen molar-refractivity contribution in [1.82, 2.24) is 5.32 Å². The minimum Gasteiger partial charge on any atom is -0.504 e. The molecule has 3 nitrogen and oxygen atoms in total. The Bertz CT molecular complexity index is 334. The Balaban J connectivity index is 2.40. The number of phenolic OH excluding ortho intramolecular Hbond substituents is 2. The average molecular weight is 207 g/mol. The standard InChI is InChI=1S/C12H17NO2/c1-2-3-4-8-13-9-10-6-5-7-11(14)12(10)15/h2-3,5-7,13-15H,4,8-9H2,1H3/b3-2+. The molecule has 0 heterocycles. The van der Waals surface area contributed by atoms with E-state index in [2.05, 4.69) is 11.4 Å². The molecule has 0 unspecified atom stereocenters. The number of phenols is 2. The first-order valence-electron chi connectivity index (χ1n) is 5.07. The molecule has 0 aromatic heterocycles. The lowest BCUT2D eigenvalue weighted by Crippen LogP contribution is -2.14. The number of hydrogen-bond donors (Lipinski definition) is 3. The monoisotopic (exact) mass is 207 g/mol. The van der Waals surface area contributed by atoms with Crippen molar-refractivity contribution in [1.29, 1.82) is 0 Å². The maximum Gasteiger partial charge on any atom is 0.161 e. The van der Waals surface area contributed by atoms with E-state index in [-0.39, 0.29) is 11.5 Å². The van der Waals surface area contributed by atoms with Gasteiger partial charge in [0.2, 0.25) is 0 Å². The molecule has 82 valence electrons. The van der Waals surface area contributed by atoms with E-state index < -0.39 is 0 Å². The minimum absolute atomic E-state index is 0.0315. The number of hydrogen-bond acceptors (Lipinski definition) is 3. The fraction of sp³-hybridized carbons (Fsp3) is 0.333. The number of para-hydroxylation sites is 1. The zero-order valence-electron chi connectivity index (χ0n) is 8.90. The van der Waals surface area contributed by atoms with Crippen LogP contribution >= 0.6 is 0 Å².